The summed E-state index contributed by atoms with van der Waals surface area (Å²) in [7, 11) is 0. The van der Waals surface area contributed by atoms with Crippen LogP contribution in [0, 0.1) is 5.92 Å². The minimum absolute atomic E-state index is 0.144. The van der Waals surface area contributed by atoms with E-state index < -0.39 is 0 Å². The summed E-state index contributed by atoms with van der Waals surface area (Å²) in [6.07, 6.45) is 4.05. The van der Waals surface area contributed by atoms with Crippen molar-refractivity contribution in [2.24, 2.45) is 10.9 Å². The third-order valence-electron chi connectivity index (χ3n) is 5.93. The molecule has 1 aromatic carbocycles. The van der Waals surface area contributed by atoms with Crippen LogP contribution in [-0.4, -0.2) is 66.8 Å². The van der Waals surface area contributed by atoms with Crippen molar-refractivity contribution in [3.05, 3.63) is 53.9 Å². The lowest BCUT2D eigenvalue weighted by Gasteiger charge is -2.36. The molecule has 0 amide bonds. The summed E-state index contributed by atoms with van der Waals surface area (Å²) in [6.45, 7) is 9.41. The fraction of sp³-hybridized carbons (Fsp3) is 0.565. The van der Waals surface area contributed by atoms with Crippen LogP contribution in [0.5, 0.6) is 0 Å². The SMILES string of the molecule is CCNC(=NCC1CCCOC1c1ccccc1)N1CCN(Cc2ccon2)CC1. The molecule has 0 aliphatic carbocycles. The van der Waals surface area contributed by atoms with Gasteiger partial charge in [-0.15, -0.1) is 0 Å². The second-order valence-corrected chi connectivity index (χ2v) is 8.05. The first-order valence-electron chi connectivity index (χ1n) is 11.1. The lowest BCUT2D eigenvalue weighted by molar-refractivity contribution is -0.0251. The van der Waals surface area contributed by atoms with E-state index in [2.05, 4.69) is 57.5 Å². The fourth-order valence-electron chi connectivity index (χ4n) is 4.34. The van der Waals surface area contributed by atoms with Gasteiger partial charge in [-0.05, 0) is 25.3 Å². The second-order valence-electron chi connectivity index (χ2n) is 8.05. The molecular weight excluding hydrogens is 378 g/mol. The number of benzene rings is 1. The van der Waals surface area contributed by atoms with E-state index in [1.165, 1.54) is 5.56 Å². The monoisotopic (exact) mass is 411 g/mol. The van der Waals surface area contributed by atoms with Gasteiger partial charge in [-0.2, -0.15) is 0 Å². The molecule has 162 valence electrons. The van der Waals surface area contributed by atoms with Gasteiger partial charge in [-0.25, -0.2) is 0 Å². The predicted octanol–water partition coefficient (Wildman–Crippen LogP) is 2.93. The van der Waals surface area contributed by atoms with Crippen LogP contribution in [0.2, 0.25) is 0 Å². The summed E-state index contributed by atoms with van der Waals surface area (Å²) in [4.78, 5) is 9.84. The molecule has 30 heavy (non-hydrogen) atoms. The molecule has 2 atom stereocenters. The molecule has 2 aliphatic heterocycles. The van der Waals surface area contributed by atoms with Crippen LogP contribution in [-0.2, 0) is 11.3 Å². The van der Waals surface area contributed by atoms with Gasteiger partial charge in [0.15, 0.2) is 5.96 Å². The number of nitrogens with zero attached hydrogens (tertiary/aromatic N) is 4. The molecular formula is C23H33N5O2. The molecule has 1 N–H and O–H groups in total. The van der Waals surface area contributed by atoms with Gasteiger partial charge in [-0.3, -0.25) is 9.89 Å². The average Bonchev–Trinajstić information content (AvgIpc) is 3.31. The van der Waals surface area contributed by atoms with Gasteiger partial charge in [0, 0.05) is 64.4 Å². The lowest BCUT2D eigenvalue weighted by Crippen LogP contribution is -2.52. The van der Waals surface area contributed by atoms with E-state index in [-0.39, 0.29) is 6.10 Å². The summed E-state index contributed by atoms with van der Waals surface area (Å²) in [6, 6.07) is 12.5. The Morgan fingerprint density at radius 3 is 2.73 bits per heavy atom. The minimum Gasteiger partial charge on any atom is -0.373 e. The van der Waals surface area contributed by atoms with Crippen LogP contribution in [0.3, 0.4) is 0 Å². The molecule has 7 heteroatoms. The van der Waals surface area contributed by atoms with Crippen LogP contribution in [0.4, 0.5) is 0 Å². The minimum atomic E-state index is 0.144. The zero-order chi connectivity index (χ0) is 20.6. The van der Waals surface area contributed by atoms with Crippen LogP contribution in [0.15, 0.2) is 52.2 Å². The summed E-state index contributed by atoms with van der Waals surface area (Å²) < 4.78 is 11.1. The predicted molar refractivity (Wildman–Crippen MR) is 117 cm³/mol. The van der Waals surface area contributed by atoms with E-state index in [9.17, 15) is 0 Å². The number of piperazine rings is 1. The second kappa shape index (κ2) is 10.6. The molecule has 7 nitrogen and oxygen atoms in total. The number of nitrogens with one attached hydrogen (secondary N) is 1. The molecule has 0 bridgehead atoms. The first kappa shape index (κ1) is 20.9. The number of aliphatic imine (C=N–C) groups is 1. The van der Waals surface area contributed by atoms with Crippen LogP contribution in [0.25, 0.3) is 0 Å². The molecule has 2 unspecified atom stereocenters. The molecule has 2 fully saturated rings. The first-order chi connectivity index (χ1) is 14.8. The Kier molecular flexibility index (Phi) is 7.37. The maximum Gasteiger partial charge on any atom is 0.194 e. The summed E-state index contributed by atoms with van der Waals surface area (Å²) in [5, 5.41) is 7.53. The van der Waals surface area contributed by atoms with E-state index in [1.807, 2.05) is 6.07 Å². The van der Waals surface area contributed by atoms with Crippen molar-refractivity contribution < 1.29 is 9.26 Å². The van der Waals surface area contributed by atoms with Gasteiger partial charge in [0.05, 0.1) is 11.8 Å². The quantitative estimate of drug-likeness (QED) is 0.582. The standard InChI is InChI=1S/C23H33N5O2/c1-2-24-23(28-13-11-27(12-14-28)18-21-10-16-30-26-21)25-17-20-9-6-15-29-22(20)19-7-4-3-5-8-19/h3-5,7-8,10,16,20,22H,2,6,9,11-15,17-18H2,1H3,(H,24,25). The highest BCUT2D eigenvalue weighted by Crippen LogP contribution is 2.33. The Morgan fingerprint density at radius 1 is 1.17 bits per heavy atom. The van der Waals surface area contributed by atoms with E-state index >= 15 is 0 Å². The molecule has 0 saturated carbocycles. The molecule has 2 saturated heterocycles. The highest BCUT2D eigenvalue weighted by Gasteiger charge is 2.28. The largest absolute Gasteiger partial charge is 0.373 e. The lowest BCUT2D eigenvalue weighted by atomic mass is 9.89. The Labute approximate surface area is 179 Å². The number of ether oxygens (including phenoxy) is 1. The number of rotatable bonds is 6. The Balaban J connectivity index is 1.36. The van der Waals surface area contributed by atoms with Gasteiger partial charge in [0.2, 0.25) is 0 Å². The molecule has 2 aliphatic rings. The van der Waals surface area contributed by atoms with Gasteiger partial charge < -0.3 is 19.5 Å². The average molecular weight is 412 g/mol. The molecule has 1 aromatic heterocycles. The summed E-state index contributed by atoms with van der Waals surface area (Å²) in [5.74, 6) is 1.44. The fourth-order valence-corrected chi connectivity index (χ4v) is 4.34. The van der Waals surface area contributed by atoms with Crippen LogP contribution >= 0.6 is 0 Å². The van der Waals surface area contributed by atoms with Crippen molar-refractivity contribution >= 4 is 5.96 Å². The van der Waals surface area contributed by atoms with E-state index in [0.717, 1.165) is 76.9 Å². The highest BCUT2D eigenvalue weighted by molar-refractivity contribution is 5.80. The zero-order valence-corrected chi connectivity index (χ0v) is 17.9. The van der Waals surface area contributed by atoms with Crippen molar-refractivity contribution in [2.45, 2.75) is 32.4 Å². The van der Waals surface area contributed by atoms with Crippen molar-refractivity contribution in [1.82, 2.24) is 20.3 Å². The third-order valence-corrected chi connectivity index (χ3v) is 5.93. The number of hydrogen-bond donors (Lipinski definition) is 1. The van der Waals surface area contributed by atoms with Crippen LogP contribution in [0.1, 0.15) is 37.1 Å². The summed E-state index contributed by atoms with van der Waals surface area (Å²) in [5.41, 5.74) is 2.26. The Bertz CT molecular complexity index is 772. The molecule has 2 aromatic rings. The zero-order valence-electron chi connectivity index (χ0n) is 17.9. The van der Waals surface area contributed by atoms with Crippen molar-refractivity contribution in [1.29, 1.82) is 0 Å². The van der Waals surface area contributed by atoms with Crippen molar-refractivity contribution in [2.75, 3.05) is 45.9 Å². The highest BCUT2D eigenvalue weighted by atomic mass is 16.5. The van der Waals surface area contributed by atoms with Gasteiger partial charge in [0.25, 0.3) is 0 Å². The van der Waals surface area contributed by atoms with E-state index in [4.69, 9.17) is 14.3 Å². The summed E-state index contributed by atoms with van der Waals surface area (Å²) >= 11 is 0. The van der Waals surface area contributed by atoms with Crippen molar-refractivity contribution in [3.8, 4) is 0 Å². The van der Waals surface area contributed by atoms with Gasteiger partial charge in [-0.1, -0.05) is 35.5 Å². The molecule has 3 heterocycles. The number of hydrogen-bond acceptors (Lipinski definition) is 5. The maximum absolute atomic E-state index is 6.15. The maximum atomic E-state index is 6.15. The topological polar surface area (TPSA) is 66.1 Å². The van der Waals surface area contributed by atoms with Gasteiger partial charge >= 0.3 is 0 Å². The van der Waals surface area contributed by atoms with Crippen molar-refractivity contribution in [3.63, 3.8) is 0 Å². The van der Waals surface area contributed by atoms with Crippen LogP contribution < -0.4 is 5.32 Å². The molecule has 0 radical (unpaired) electrons. The third kappa shape index (κ3) is 5.40. The first-order valence-corrected chi connectivity index (χ1v) is 11.1. The molecule has 4 rings (SSSR count). The van der Waals surface area contributed by atoms with E-state index in [0.29, 0.717) is 5.92 Å². The Morgan fingerprint density at radius 2 is 2.00 bits per heavy atom. The van der Waals surface area contributed by atoms with Gasteiger partial charge in [0.1, 0.15) is 6.26 Å². The molecule has 0 spiro atoms. The Hall–Kier alpha value is -2.38. The number of guanidine groups is 1. The normalized spacial score (nSPS) is 23.5. The van der Waals surface area contributed by atoms with E-state index in [1.54, 1.807) is 6.26 Å². The number of aromatic nitrogens is 1. The smallest absolute Gasteiger partial charge is 0.194 e.